The lowest BCUT2D eigenvalue weighted by Gasteiger charge is -2.18. The average molecular weight is 308 g/mol. The molecule has 0 radical (unpaired) electrons. The monoisotopic (exact) mass is 308 g/mol. The third-order valence-corrected chi connectivity index (χ3v) is 3.91. The number of hydrogen-bond donors (Lipinski definition) is 0. The van der Waals surface area contributed by atoms with Crippen LogP contribution in [0.3, 0.4) is 0 Å². The molecule has 0 aliphatic heterocycles. The van der Waals surface area contributed by atoms with Crippen LogP contribution in [0.2, 0.25) is 0 Å². The molecule has 0 unspecified atom stereocenters. The maximum absolute atomic E-state index is 11.6. The third-order valence-electron chi connectivity index (χ3n) is 3.04. The van der Waals surface area contributed by atoms with E-state index in [4.69, 9.17) is 4.52 Å². The standard InChI is InChI=1S/C14H20N4O2S/c1-17(2)13(19)10-18(3)8-4-7-12-15-14(16-20-12)11-6-5-9-21-11/h5-6,9H,4,7-8,10H2,1-3H3. The minimum Gasteiger partial charge on any atom is -0.348 e. The summed E-state index contributed by atoms with van der Waals surface area (Å²) in [5.74, 6) is 1.40. The van der Waals surface area contributed by atoms with E-state index in [0.717, 1.165) is 24.3 Å². The van der Waals surface area contributed by atoms with E-state index in [2.05, 4.69) is 10.1 Å². The van der Waals surface area contributed by atoms with Crippen molar-refractivity contribution >= 4 is 17.2 Å². The van der Waals surface area contributed by atoms with Crippen LogP contribution in [0.15, 0.2) is 22.0 Å². The Morgan fingerprint density at radius 1 is 1.38 bits per heavy atom. The Morgan fingerprint density at radius 3 is 2.86 bits per heavy atom. The molecule has 0 aromatic carbocycles. The van der Waals surface area contributed by atoms with Gasteiger partial charge in [-0.25, -0.2) is 0 Å². The van der Waals surface area contributed by atoms with Crippen LogP contribution in [-0.4, -0.2) is 60.1 Å². The molecule has 0 saturated carbocycles. The number of rotatable bonds is 7. The van der Waals surface area contributed by atoms with Gasteiger partial charge in [0, 0.05) is 20.5 Å². The van der Waals surface area contributed by atoms with Crippen LogP contribution in [0.5, 0.6) is 0 Å². The van der Waals surface area contributed by atoms with E-state index in [1.165, 1.54) is 0 Å². The molecule has 21 heavy (non-hydrogen) atoms. The molecule has 0 fully saturated rings. The number of thiophene rings is 1. The molecule has 0 aliphatic rings. The second-order valence-electron chi connectivity index (χ2n) is 5.12. The summed E-state index contributed by atoms with van der Waals surface area (Å²) in [6.45, 7) is 1.24. The SMILES string of the molecule is CN(CCCc1nc(-c2cccs2)no1)CC(=O)N(C)C. The Hall–Kier alpha value is -1.73. The van der Waals surface area contributed by atoms with Crippen molar-refractivity contribution in [2.75, 3.05) is 34.2 Å². The largest absolute Gasteiger partial charge is 0.348 e. The number of carbonyl (C=O) groups excluding carboxylic acids is 1. The van der Waals surface area contributed by atoms with Crippen LogP contribution in [-0.2, 0) is 11.2 Å². The quantitative estimate of drug-likeness (QED) is 0.780. The molecule has 0 atom stereocenters. The number of aryl methyl sites for hydroxylation is 1. The van der Waals surface area contributed by atoms with Crippen LogP contribution in [0.4, 0.5) is 0 Å². The topological polar surface area (TPSA) is 62.5 Å². The van der Waals surface area contributed by atoms with Crippen molar-refractivity contribution in [1.82, 2.24) is 19.9 Å². The Bertz CT molecular complexity index is 565. The van der Waals surface area contributed by atoms with Crippen LogP contribution in [0.1, 0.15) is 12.3 Å². The summed E-state index contributed by atoms with van der Waals surface area (Å²) in [7, 11) is 5.47. The lowest BCUT2D eigenvalue weighted by atomic mass is 10.3. The van der Waals surface area contributed by atoms with E-state index in [-0.39, 0.29) is 5.91 Å². The molecule has 0 bridgehead atoms. The zero-order chi connectivity index (χ0) is 15.2. The Kier molecular flexibility index (Phi) is 5.46. The molecule has 1 amide bonds. The molecule has 0 saturated heterocycles. The van der Waals surface area contributed by atoms with Gasteiger partial charge in [0.1, 0.15) is 0 Å². The molecule has 114 valence electrons. The lowest BCUT2D eigenvalue weighted by Crippen LogP contribution is -2.34. The predicted molar refractivity (Wildman–Crippen MR) is 82.1 cm³/mol. The van der Waals surface area contributed by atoms with Gasteiger partial charge in [-0.1, -0.05) is 11.2 Å². The van der Waals surface area contributed by atoms with Crippen LogP contribution < -0.4 is 0 Å². The van der Waals surface area contributed by atoms with Crippen LogP contribution >= 0.6 is 11.3 Å². The van der Waals surface area contributed by atoms with E-state index in [0.29, 0.717) is 18.3 Å². The summed E-state index contributed by atoms with van der Waals surface area (Å²) in [5.41, 5.74) is 0. The Labute approximate surface area is 128 Å². The minimum atomic E-state index is 0.107. The second-order valence-corrected chi connectivity index (χ2v) is 6.07. The van der Waals surface area contributed by atoms with E-state index < -0.39 is 0 Å². The lowest BCUT2D eigenvalue weighted by molar-refractivity contribution is -0.129. The van der Waals surface area contributed by atoms with Crippen LogP contribution in [0, 0.1) is 0 Å². The highest BCUT2D eigenvalue weighted by Gasteiger charge is 2.11. The first-order chi connectivity index (χ1) is 10.1. The zero-order valence-corrected chi connectivity index (χ0v) is 13.4. The highest BCUT2D eigenvalue weighted by Crippen LogP contribution is 2.21. The first kappa shape index (κ1) is 15.7. The number of nitrogens with zero attached hydrogens (tertiary/aromatic N) is 4. The van der Waals surface area contributed by atoms with Crippen LogP contribution in [0.25, 0.3) is 10.7 Å². The van der Waals surface area contributed by atoms with Crippen molar-refractivity contribution < 1.29 is 9.32 Å². The van der Waals surface area contributed by atoms with Crippen molar-refractivity contribution in [3.63, 3.8) is 0 Å². The van der Waals surface area contributed by atoms with Gasteiger partial charge in [-0.05, 0) is 31.5 Å². The normalized spacial score (nSPS) is 11.0. The maximum Gasteiger partial charge on any atom is 0.236 e. The number of carbonyl (C=O) groups is 1. The van der Waals surface area contributed by atoms with E-state index in [9.17, 15) is 4.79 Å². The molecule has 2 rings (SSSR count). The van der Waals surface area contributed by atoms with E-state index >= 15 is 0 Å². The molecule has 0 spiro atoms. The van der Waals surface area contributed by atoms with Gasteiger partial charge < -0.3 is 9.42 Å². The molecule has 7 heteroatoms. The summed E-state index contributed by atoms with van der Waals surface area (Å²) in [6.07, 6.45) is 1.60. The van der Waals surface area contributed by atoms with Gasteiger partial charge in [0.15, 0.2) is 0 Å². The van der Waals surface area contributed by atoms with Gasteiger partial charge in [-0.2, -0.15) is 4.98 Å². The van der Waals surface area contributed by atoms with Crippen molar-refractivity contribution in [1.29, 1.82) is 0 Å². The van der Waals surface area contributed by atoms with Gasteiger partial charge >= 0.3 is 0 Å². The smallest absolute Gasteiger partial charge is 0.236 e. The number of aromatic nitrogens is 2. The van der Waals surface area contributed by atoms with Gasteiger partial charge in [-0.15, -0.1) is 11.3 Å². The number of likely N-dealkylation sites (N-methyl/N-ethyl adjacent to an activating group) is 2. The highest BCUT2D eigenvalue weighted by atomic mass is 32.1. The summed E-state index contributed by atoms with van der Waals surface area (Å²) < 4.78 is 5.24. The van der Waals surface area contributed by atoms with Crippen molar-refractivity contribution in [2.24, 2.45) is 0 Å². The zero-order valence-electron chi connectivity index (χ0n) is 12.6. The molecule has 0 N–H and O–H groups in total. The fourth-order valence-electron chi connectivity index (χ4n) is 1.81. The summed E-state index contributed by atoms with van der Waals surface area (Å²) in [5, 5.41) is 5.97. The van der Waals surface area contributed by atoms with Crippen molar-refractivity contribution in [2.45, 2.75) is 12.8 Å². The number of amides is 1. The third kappa shape index (κ3) is 4.64. The van der Waals surface area contributed by atoms with Crippen molar-refractivity contribution in [3.05, 3.63) is 23.4 Å². The van der Waals surface area contributed by atoms with Crippen molar-refractivity contribution in [3.8, 4) is 10.7 Å². The minimum absolute atomic E-state index is 0.107. The first-order valence-electron chi connectivity index (χ1n) is 6.81. The van der Waals surface area contributed by atoms with Gasteiger partial charge in [0.05, 0.1) is 11.4 Å². The number of hydrogen-bond acceptors (Lipinski definition) is 6. The molecule has 2 aromatic heterocycles. The first-order valence-corrected chi connectivity index (χ1v) is 7.69. The highest BCUT2D eigenvalue weighted by molar-refractivity contribution is 7.13. The summed E-state index contributed by atoms with van der Waals surface area (Å²) in [4.78, 5) is 20.6. The van der Waals surface area contributed by atoms with E-state index in [1.54, 1.807) is 30.3 Å². The average Bonchev–Trinajstić information content (AvgIpc) is 3.08. The second kappa shape index (κ2) is 7.33. The molecular weight excluding hydrogens is 288 g/mol. The molecule has 2 heterocycles. The van der Waals surface area contributed by atoms with Gasteiger partial charge in [-0.3, -0.25) is 9.69 Å². The molecule has 2 aromatic rings. The predicted octanol–water partition coefficient (Wildman–Crippen LogP) is 1.75. The molecule has 6 nitrogen and oxygen atoms in total. The Morgan fingerprint density at radius 2 is 2.19 bits per heavy atom. The van der Waals surface area contributed by atoms with E-state index in [1.807, 2.05) is 29.5 Å². The molecular formula is C14H20N4O2S. The fourth-order valence-corrected chi connectivity index (χ4v) is 2.46. The molecule has 0 aliphatic carbocycles. The maximum atomic E-state index is 11.6. The van der Waals surface area contributed by atoms with Gasteiger partial charge in [0.2, 0.25) is 17.6 Å². The summed E-state index contributed by atoms with van der Waals surface area (Å²) >= 11 is 1.59. The fraction of sp³-hybridized carbons (Fsp3) is 0.500. The summed E-state index contributed by atoms with van der Waals surface area (Å²) in [6, 6.07) is 3.94. The Balaban J connectivity index is 1.75. The van der Waals surface area contributed by atoms with Gasteiger partial charge in [0.25, 0.3) is 0 Å².